The Hall–Kier alpha value is -2.21. The number of rotatable bonds is 2. The third-order valence-electron chi connectivity index (χ3n) is 9.70. The van der Waals surface area contributed by atoms with E-state index >= 15 is 0 Å². The lowest BCUT2D eigenvalue weighted by Gasteiger charge is -2.71. The van der Waals surface area contributed by atoms with Gasteiger partial charge < -0.3 is 34.8 Å². The molecular formula is C27H33NO9. The maximum atomic E-state index is 14.2. The molecule has 0 radical (unpaired) electrons. The van der Waals surface area contributed by atoms with Gasteiger partial charge in [0, 0.05) is 30.0 Å². The highest BCUT2D eigenvalue weighted by molar-refractivity contribution is 6.26. The summed E-state index contributed by atoms with van der Waals surface area (Å²) in [6.45, 7) is 3.46. The van der Waals surface area contributed by atoms with E-state index in [4.69, 9.17) is 9.47 Å². The number of phenolic OH excluding ortho intramolecular Hbond substituents is 1. The Morgan fingerprint density at radius 2 is 1.73 bits per heavy atom. The van der Waals surface area contributed by atoms with Crippen LogP contribution in [-0.2, 0) is 14.3 Å². The highest BCUT2D eigenvalue weighted by atomic mass is 16.6. The fourth-order valence-corrected chi connectivity index (χ4v) is 8.03. The molecule has 4 bridgehead atoms. The van der Waals surface area contributed by atoms with E-state index in [1.54, 1.807) is 0 Å². The van der Waals surface area contributed by atoms with Crippen LogP contribution in [0.4, 0.5) is 0 Å². The minimum atomic E-state index is -2.81. The Bertz CT molecular complexity index is 1260. The molecule has 200 valence electrons. The third kappa shape index (κ3) is 2.68. The van der Waals surface area contributed by atoms with Gasteiger partial charge in [-0.15, -0.1) is 0 Å². The zero-order chi connectivity index (χ0) is 26.9. The molecule has 10 heteroatoms. The molecular weight excluding hydrogens is 482 g/mol. The van der Waals surface area contributed by atoms with Crippen LogP contribution in [0.5, 0.6) is 5.75 Å². The number of Topliss-reactive ketones (excluding diaryl/α,β-unsaturated/α-hetero) is 3. The zero-order valence-electron chi connectivity index (χ0n) is 21.4. The lowest BCUT2D eigenvalue weighted by Crippen LogP contribution is -2.93. The topological polar surface area (TPSA) is 154 Å². The predicted octanol–water partition coefficient (Wildman–Crippen LogP) is 0.819. The zero-order valence-corrected chi connectivity index (χ0v) is 21.4. The first kappa shape index (κ1) is 25.1. The second-order valence-corrected chi connectivity index (χ2v) is 12.1. The molecule has 0 amide bonds. The Morgan fingerprint density at radius 1 is 1.03 bits per heavy atom. The highest BCUT2D eigenvalue weighted by Crippen LogP contribution is 2.66. The van der Waals surface area contributed by atoms with Gasteiger partial charge in [0.15, 0.2) is 17.0 Å². The van der Waals surface area contributed by atoms with Crippen molar-refractivity contribution in [2.24, 2.45) is 0 Å². The van der Waals surface area contributed by atoms with Crippen LogP contribution in [0.2, 0.25) is 0 Å². The van der Waals surface area contributed by atoms with Crippen molar-refractivity contribution in [3.63, 3.8) is 0 Å². The average Bonchev–Trinajstić information content (AvgIpc) is 2.81. The summed E-state index contributed by atoms with van der Waals surface area (Å²) in [5, 5.41) is 46.5. The van der Waals surface area contributed by atoms with Crippen molar-refractivity contribution in [3.8, 4) is 5.75 Å². The number of carbonyl (C=O) groups excluding carboxylic acids is 3. The molecule has 6 aliphatic rings. The van der Waals surface area contributed by atoms with Crippen molar-refractivity contribution in [3.05, 3.63) is 28.8 Å². The van der Waals surface area contributed by atoms with Crippen molar-refractivity contribution in [1.82, 2.24) is 4.90 Å². The van der Waals surface area contributed by atoms with Gasteiger partial charge >= 0.3 is 0 Å². The number of ether oxygens (including phenoxy) is 2. The van der Waals surface area contributed by atoms with Crippen molar-refractivity contribution < 1.29 is 44.3 Å². The summed E-state index contributed by atoms with van der Waals surface area (Å²) in [5.41, 5.74) is -11.9. The number of carbonyl (C=O) groups is 3. The normalized spacial score (nSPS) is 46.7. The summed E-state index contributed by atoms with van der Waals surface area (Å²) < 4.78 is 12.3. The lowest BCUT2D eigenvalue weighted by atomic mass is 9.43. The number of hydrogen-bond donors (Lipinski definition) is 4. The van der Waals surface area contributed by atoms with E-state index in [9.17, 15) is 34.8 Å². The number of aromatic hydroxyl groups is 1. The Morgan fingerprint density at radius 3 is 2.38 bits per heavy atom. The Kier molecular flexibility index (Phi) is 4.92. The van der Waals surface area contributed by atoms with Crippen molar-refractivity contribution in [2.75, 3.05) is 14.1 Å². The SMILES string of the molecule is C[C@@H]1O[C@@H](c2ccc3c(c2O)C(=O)[C@@]2(O)CC[C@@]4(O)C[C@]5(C)CC(=O)[C@@]4(O)[C@]2(O5)C3=O)CC[C@@H]1N(C)C. The van der Waals surface area contributed by atoms with E-state index in [2.05, 4.69) is 4.90 Å². The molecule has 3 aliphatic heterocycles. The fraction of sp³-hybridized carbons (Fsp3) is 0.667. The number of nitrogens with zero attached hydrogens (tertiary/aromatic N) is 1. The molecule has 8 atom stereocenters. The van der Waals surface area contributed by atoms with Crippen LogP contribution in [0.3, 0.4) is 0 Å². The number of ketones is 3. The van der Waals surface area contributed by atoms with Gasteiger partial charge in [0.1, 0.15) is 11.4 Å². The van der Waals surface area contributed by atoms with Gasteiger partial charge in [-0.25, -0.2) is 0 Å². The van der Waals surface area contributed by atoms with Gasteiger partial charge in [0.25, 0.3) is 0 Å². The van der Waals surface area contributed by atoms with E-state index in [1.165, 1.54) is 19.1 Å². The van der Waals surface area contributed by atoms with Crippen molar-refractivity contribution in [1.29, 1.82) is 0 Å². The van der Waals surface area contributed by atoms with E-state index in [-0.39, 0.29) is 42.5 Å². The molecule has 3 heterocycles. The molecule has 2 saturated carbocycles. The fourth-order valence-electron chi connectivity index (χ4n) is 8.03. The Balaban J connectivity index is 1.50. The first-order valence-electron chi connectivity index (χ1n) is 12.8. The molecule has 0 aromatic heterocycles. The molecule has 10 nitrogen and oxygen atoms in total. The number of aliphatic hydroxyl groups is 3. The van der Waals surface area contributed by atoms with Crippen LogP contribution in [0.15, 0.2) is 12.1 Å². The van der Waals surface area contributed by atoms with Gasteiger partial charge in [0.2, 0.25) is 17.2 Å². The van der Waals surface area contributed by atoms with Crippen LogP contribution in [0, 0.1) is 0 Å². The van der Waals surface area contributed by atoms with Gasteiger partial charge in [-0.2, -0.15) is 0 Å². The smallest absolute Gasteiger partial charge is 0.206 e. The maximum absolute atomic E-state index is 14.2. The second-order valence-electron chi connectivity index (χ2n) is 12.1. The number of hydrogen-bond acceptors (Lipinski definition) is 10. The average molecular weight is 516 g/mol. The van der Waals surface area contributed by atoms with E-state index in [1.807, 2.05) is 21.0 Å². The van der Waals surface area contributed by atoms with Gasteiger partial charge in [-0.1, -0.05) is 6.07 Å². The van der Waals surface area contributed by atoms with E-state index in [0.717, 1.165) is 6.42 Å². The predicted molar refractivity (Wildman–Crippen MR) is 127 cm³/mol. The first-order valence-corrected chi connectivity index (χ1v) is 12.8. The summed E-state index contributed by atoms with van der Waals surface area (Å²) in [7, 11) is 3.93. The number of phenols is 1. The lowest BCUT2D eigenvalue weighted by molar-refractivity contribution is -0.377. The summed E-state index contributed by atoms with van der Waals surface area (Å²) in [6.07, 6.45) is -0.448. The molecule has 7 rings (SSSR count). The maximum Gasteiger partial charge on any atom is 0.206 e. The van der Waals surface area contributed by atoms with E-state index in [0.29, 0.717) is 12.0 Å². The van der Waals surface area contributed by atoms with Crippen molar-refractivity contribution in [2.45, 2.75) is 98.6 Å². The monoisotopic (exact) mass is 515 g/mol. The molecule has 1 spiro atoms. The second kappa shape index (κ2) is 7.25. The number of benzene rings is 1. The molecule has 0 unspecified atom stereocenters. The van der Waals surface area contributed by atoms with Gasteiger partial charge in [-0.3, -0.25) is 14.4 Å². The van der Waals surface area contributed by atoms with Crippen LogP contribution in [0.25, 0.3) is 0 Å². The summed E-state index contributed by atoms with van der Waals surface area (Å²) in [4.78, 5) is 43.5. The van der Waals surface area contributed by atoms with Gasteiger partial charge in [0.05, 0.1) is 23.4 Å². The molecule has 5 fully saturated rings. The summed E-state index contributed by atoms with van der Waals surface area (Å²) in [6, 6.07) is 3.03. The van der Waals surface area contributed by atoms with Crippen molar-refractivity contribution >= 4 is 17.3 Å². The number of likely N-dealkylation sites (N-methyl/N-ethyl adjacent to an activating group) is 1. The number of fused-ring (bicyclic) bond motifs is 2. The van der Waals surface area contributed by atoms with Crippen LogP contribution >= 0.6 is 0 Å². The molecule has 1 aromatic carbocycles. The minimum Gasteiger partial charge on any atom is -0.507 e. The first-order chi connectivity index (χ1) is 17.2. The quantitative estimate of drug-likeness (QED) is 0.445. The van der Waals surface area contributed by atoms with Crippen LogP contribution in [0.1, 0.15) is 84.8 Å². The molecule has 1 aromatic rings. The van der Waals surface area contributed by atoms with Gasteiger partial charge in [-0.05, 0) is 59.7 Å². The Labute approximate surface area is 214 Å². The third-order valence-corrected chi connectivity index (χ3v) is 9.70. The van der Waals surface area contributed by atoms with Crippen LogP contribution < -0.4 is 0 Å². The molecule has 3 aliphatic carbocycles. The molecule has 3 saturated heterocycles. The standard InChI is InChI=1S/C27H33NO9/c1-13-16(28(3)4)7-8-17(36-13)14-5-6-15-19(20(14)30)22(32)25(34)10-9-24(33)12-23(2)11-18(29)26(24,35)27(25,37-23)21(15)31/h5-6,13,16-17,30,33-35H,7-12H2,1-4H3/t13-,16-,17+,23-,24+,25-,26-,27-/m0/s1. The van der Waals surface area contributed by atoms with Crippen LogP contribution in [-0.4, -0.2) is 96.9 Å². The summed E-state index contributed by atoms with van der Waals surface area (Å²) in [5.74, 6) is -3.34. The van der Waals surface area contributed by atoms with E-state index < -0.39 is 63.6 Å². The molecule has 4 N–H and O–H groups in total. The minimum absolute atomic E-state index is 0.121. The summed E-state index contributed by atoms with van der Waals surface area (Å²) >= 11 is 0. The highest BCUT2D eigenvalue weighted by Gasteiger charge is 2.88. The molecule has 37 heavy (non-hydrogen) atoms. The largest absolute Gasteiger partial charge is 0.507 e.